The Hall–Kier alpha value is -0.610. The van der Waals surface area contributed by atoms with Crippen LogP contribution < -0.4 is 5.73 Å². The van der Waals surface area contributed by atoms with Gasteiger partial charge in [-0.2, -0.15) is 0 Å². The summed E-state index contributed by atoms with van der Waals surface area (Å²) in [4.78, 5) is 10.7. The maximum absolute atomic E-state index is 10.7. The van der Waals surface area contributed by atoms with Crippen molar-refractivity contribution in [3.63, 3.8) is 0 Å². The Bertz CT molecular complexity index is 140. The summed E-state index contributed by atoms with van der Waals surface area (Å²) in [6.45, 7) is 2.72. The monoisotopic (exact) mass is 145 g/mol. The molecular weight excluding hydrogens is 134 g/mol. The molecule has 0 aliphatic carbocycles. The van der Waals surface area contributed by atoms with Gasteiger partial charge in [0.2, 0.25) is 5.91 Å². The normalized spacial score (nSPS) is 24.1. The zero-order chi connectivity index (χ0) is 7.61. The highest BCUT2D eigenvalue weighted by Gasteiger charge is 2.34. The largest absolute Gasteiger partial charge is 0.369 e. The van der Waals surface area contributed by atoms with Gasteiger partial charge in [-0.3, -0.25) is 4.79 Å². The summed E-state index contributed by atoms with van der Waals surface area (Å²) in [7, 11) is 0. The van der Waals surface area contributed by atoms with E-state index >= 15 is 0 Å². The molecule has 4 nitrogen and oxygen atoms in total. The van der Waals surface area contributed by atoms with Crippen molar-refractivity contribution in [3.8, 4) is 0 Å². The smallest absolute Gasteiger partial charge is 0.228 e. The molecule has 1 heterocycles. The van der Waals surface area contributed by atoms with Crippen LogP contribution in [-0.2, 0) is 14.3 Å². The Kier molecular flexibility index (Phi) is 1.92. The molecule has 4 heteroatoms. The molecule has 1 amide bonds. The molecule has 1 saturated heterocycles. The number of carbonyl (C=O) groups excluding carboxylic acids is 1. The van der Waals surface area contributed by atoms with E-state index in [1.807, 2.05) is 0 Å². The number of ether oxygens (including phenoxy) is 2. The van der Waals surface area contributed by atoms with Gasteiger partial charge in [-0.15, -0.1) is 0 Å². The minimum absolute atomic E-state index is 0.267. The summed E-state index contributed by atoms with van der Waals surface area (Å²) >= 11 is 0. The van der Waals surface area contributed by atoms with Crippen LogP contribution in [-0.4, -0.2) is 25.9 Å². The maximum atomic E-state index is 10.7. The van der Waals surface area contributed by atoms with Gasteiger partial charge in [0.1, 0.15) is 6.79 Å². The third-order valence-electron chi connectivity index (χ3n) is 1.60. The molecule has 0 aromatic rings. The standard InChI is InChI=1S/C6H11NO3/c1-6(5(7)8)2-9-4-10-3-6/h2-4H2,1H3,(H2,7,8). The molecule has 1 fully saturated rings. The average molecular weight is 145 g/mol. The number of hydrogen-bond donors (Lipinski definition) is 1. The quantitative estimate of drug-likeness (QED) is 0.540. The van der Waals surface area contributed by atoms with Crippen molar-refractivity contribution in [1.82, 2.24) is 0 Å². The van der Waals surface area contributed by atoms with E-state index in [4.69, 9.17) is 15.2 Å². The zero-order valence-corrected chi connectivity index (χ0v) is 5.92. The Morgan fingerprint density at radius 2 is 2.00 bits per heavy atom. The molecular formula is C6H11NO3. The predicted molar refractivity (Wildman–Crippen MR) is 34.1 cm³/mol. The third kappa shape index (κ3) is 1.27. The third-order valence-corrected chi connectivity index (χ3v) is 1.60. The van der Waals surface area contributed by atoms with E-state index in [2.05, 4.69) is 0 Å². The highest BCUT2D eigenvalue weighted by Crippen LogP contribution is 2.19. The van der Waals surface area contributed by atoms with Crippen molar-refractivity contribution in [3.05, 3.63) is 0 Å². The summed E-state index contributed by atoms with van der Waals surface area (Å²) in [6, 6.07) is 0. The molecule has 2 N–H and O–H groups in total. The molecule has 0 unspecified atom stereocenters. The van der Waals surface area contributed by atoms with Crippen molar-refractivity contribution < 1.29 is 14.3 Å². The first-order valence-corrected chi connectivity index (χ1v) is 3.10. The number of primary amides is 1. The minimum Gasteiger partial charge on any atom is -0.369 e. The SMILES string of the molecule is CC1(C(N)=O)COCOC1. The molecule has 58 valence electrons. The zero-order valence-electron chi connectivity index (χ0n) is 5.92. The molecule has 0 spiro atoms. The Labute approximate surface area is 59.3 Å². The second kappa shape index (κ2) is 2.56. The molecule has 1 aliphatic rings. The van der Waals surface area contributed by atoms with E-state index in [-0.39, 0.29) is 12.7 Å². The van der Waals surface area contributed by atoms with Gasteiger partial charge in [0, 0.05) is 0 Å². The topological polar surface area (TPSA) is 61.6 Å². The lowest BCUT2D eigenvalue weighted by Gasteiger charge is -2.29. The van der Waals surface area contributed by atoms with E-state index in [0.717, 1.165) is 0 Å². The minimum atomic E-state index is -0.627. The fourth-order valence-electron chi connectivity index (χ4n) is 0.777. The van der Waals surface area contributed by atoms with Crippen molar-refractivity contribution in [2.75, 3.05) is 20.0 Å². The number of hydrogen-bond acceptors (Lipinski definition) is 3. The number of nitrogens with two attached hydrogens (primary N) is 1. The van der Waals surface area contributed by atoms with Crippen LogP contribution in [0.4, 0.5) is 0 Å². The molecule has 1 rings (SSSR count). The van der Waals surface area contributed by atoms with Crippen LogP contribution in [0.15, 0.2) is 0 Å². The first-order chi connectivity index (χ1) is 4.65. The maximum Gasteiger partial charge on any atom is 0.228 e. The van der Waals surface area contributed by atoms with Crippen LogP contribution in [0.2, 0.25) is 0 Å². The van der Waals surface area contributed by atoms with Gasteiger partial charge in [-0.05, 0) is 6.92 Å². The Morgan fingerprint density at radius 3 is 2.30 bits per heavy atom. The van der Waals surface area contributed by atoms with Crippen molar-refractivity contribution in [2.24, 2.45) is 11.1 Å². The summed E-state index contributed by atoms with van der Waals surface area (Å²) in [5, 5.41) is 0. The molecule has 0 saturated carbocycles. The fraction of sp³-hybridized carbons (Fsp3) is 0.833. The van der Waals surface area contributed by atoms with Crippen molar-refractivity contribution >= 4 is 5.91 Å². The van der Waals surface area contributed by atoms with Crippen LogP contribution >= 0.6 is 0 Å². The highest BCUT2D eigenvalue weighted by molar-refractivity contribution is 5.80. The molecule has 0 bridgehead atoms. The van der Waals surface area contributed by atoms with Crippen LogP contribution in [0.3, 0.4) is 0 Å². The van der Waals surface area contributed by atoms with E-state index in [0.29, 0.717) is 13.2 Å². The van der Waals surface area contributed by atoms with Gasteiger partial charge in [0.15, 0.2) is 0 Å². The average Bonchev–Trinajstić information content (AvgIpc) is 1.89. The van der Waals surface area contributed by atoms with Gasteiger partial charge in [0.25, 0.3) is 0 Å². The van der Waals surface area contributed by atoms with Crippen molar-refractivity contribution in [2.45, 2.75) is 6.92 Å². The molecule has 0 atom stereocenters. The second-order valence-electron chi connectivity index (χ2n) is 2.74. The number of rotatable bonds is 1. The first kappa shape index (κ1) is 7.50. The van der Waals surface area contributed by atoms with E-state index in [1.165, 1.54) is 0 Å². The van der Waals surface area contributed by atoms with Crippen LogP contribution in [0.5, 0.6) is 0 Å². The van der Waals surface area contributed by atoms with Crippen molar-refractivity contribution in [1.29, 1.82) is 0 Å². The summed E-state index contributed by atoms with van der Waals surface area (Å²) in [5.74, 6) is -0.368. The Balaban J connectivity index is 2.56. The van der Waals surface area contributed by atoms with Gasteiger partial charge in [0.05, 0.1) is 18.6 Å². The van der Waals surface area contributed by atoms with Gasteiger partial charge < -0.3 is 15.2 Å². The lowest BCUT2D eigenvalue weighted by Crippen LogP contribution is -2.45. The van der Waals surface area contributed by atoms with E-state index < -0.39 is 5.41 Å². The van der Waals surface area contributed by atoms with Crippen LogP contribution in [0.25, 0.3) is 0 Å². The molecule has 10 heavy (non-hydrogen) atoms. The van der Waals surface area contributed by atoms with Gasteiger partial charge in [-0.1, -0.05) is 0 Å². The first-order valence-electron chi connectivity index (χ1n) is 3.10. The highest BCUT2D eigenvalue weighted by atomic mass is 16.7. The number of amides is 1. The molecule has 0 aromatic carbocycles. The summed E-state index contributed by atoms with van der Waals surface area (Å²) in [5.41, 5.74) is 4.48. The summed E-state index contributed by atoms with van der Waals surface area (Å²) in [6.07, 6.45) is 0. The number of carbonyl (C=O) groups is 1. The Morgan fingerprint density at radius 1 is 1.50 bits per heavy atom. The predicted octanol–water partition coefficient (Wildman–Crippen LogP) is -0.518. The second-order valence-corrected chi connectivity index (χ2v) is 2.74. The lowest BCUT2D eigenvalue weighted by molar-refractivity contribution is -0.171. The van der Waals surface area contributed by atoms with Crippen LogP contribution in [0, 0.1) is 5.41 Å². The van der Waals surface area contributed by atoms with E-state index in [9.17, 15) is 4.79 Å². The molecule has 0 radical (unpaired) electrons. The molecule has 1 aliphatic heterocycles. The van der Waals surface area contributed by atoms with Gasteiger partial charge >= 0.3 is 0 Å². The lowest BCUT2D eigenvalue weighted by atomic mass is 9.92. The fourth-order valence-corrected chi connectivity index (χ4v) is 0.777. The molecule has 0 aromatic heterocycles. The summed E-state index contributed by atoms with van der Waals surface area (Å²) < 4.78 is 9.85. The van der Waals surface area contributed by atoms with Crippen LogP contribution in [0.1, 0.15) is 6.92 Å². The van der Waals surface area contributed by atoms with Gasteiger partial charge in [-0.25, -0.2) is 0 Å². The van der Waals surface area contributed by atoms with E-state index in [1.54, 1.807) is 6.92 Å².